The lowest BCUT2D eigenvalue weighted by atomic mass is 10.0. The fraction of sp³-hybridized carbons (Fsp3) is 0.133. The summed E-state index contributed by atoms with van der Waals surface area (Å²) in [6.07, 6.45) is 3.44. The quantitative estimate of drug-likeness (QED) is 0.892. The summed E-state index contributed by atoms with van der Waals surface area (Å²) in [5.41, 5.74) is 2.22. The number of fused-ring (bicyclic) bond motifs is 1. The van der Waals surface area contributed by atoms with Crippen molar-refractivity contribution in [3.8, 4) is 0 Å². The number of benzene rings is 1. The third kappa shape index (κ3) is 2.38. The highest BCUT2D eigenvalue weighted by atomic mass is 16.2. The summed E-state index contributed by atoms with van der Waals surface area (Å²) in [4.78, 5) is 27.7. The van der Waals surface area contributed by atoms with Crippen LogP contribution in [0.2, 0.25) is 0 Å². The van der Waals surface area contributed by atoms with Gasteiger partial charge in [0.25, 0.3) is 5.91 Å². The van der Waals surface area contributed by atoms with Crippen LogP contribution in [0.15, 0.2) is 48.8 Å². The average molecular weight is 267 g/mol. The maximum Gasteiger partial charge on any atom is 0.252 e. The van der Waals surface area contributed by atoms with Gasteiger partial charge in [-0.2, -0.15) is 0 Å². The predicted octanol–water partition coefficient (Wildman–Crippen LogP) is 1.89. The van der Waals surface area contributed by atoms with Crippen LogP contribution in [0, 0.1) is 0 Å². The van der Waals surface area contributed by atoms with Gasteiger partial charge in [0.1, 0.15) is 0 Å². The Bertz CT molecular complexity index is 655. The van der Waals surface area contributed by atoms with Gasteiger partial charge in [-0.05, 0) is 23.8 Å². The van der Waals surface area contributed by atoms with Gasteiger partial charge >= 0.3 is 0 Å². The second-order valence-corrected chi connectivity index (χ2v) is 4.60. The fourth-order valence-corrected chi connectivity index (χ4v) is 2.32. The molecular formula is C15H13N3O2. The van der Waals surface area contributed by atoms with Crippen molar-refractivity contribution in [3.05, 3.63) is 59.9 Å². The van der Waals surface area contributed by atoms with Crippen molar-refractivity contribution >= 4 is 17.5 Å². The van der Waals surface area contributed by atoms with E-state index >= 15 is 0 Å². The van der Waals surface area contributed by atoms with Crippen molar-refractivity contribution in [2.75, 3.05) is 5.32 Å². The van der Waals surface area contributed by atoms with E-state index in [9.17, 15) is 9.59 Å². The van der Waals surface area contributed by atoms with E-state index in [2.05, 4.69) is 15.6 Å². The highest BCUT2D eigenvalue weighted by molar-refractivity contribution is 6.00. The SMILES string of the molecule is O=C(C[C@@H]1NC(=O)c2ccccc21)Nc1ccncc1. The predicted molar refractivity (Wildman–Crippen MR) is 74.1 cm³/mol. The van der Waals surface area contributed by atoms with Crippen molar-refractivity contribution in [1.29, 1.82) is 0 Å². The smallest absolute Gasteiger partial charge is 0.252 e. The van der Waals surface area contributed by atoms with Crippen LogP contribution in [-0.4, -0.2) is 16.8 Å². The number of hydrogen-bond acceptors (Lipinski definition) is 3. The fourth-order valence-electron chi connectivity index (χ4n) is 2.32. The van der Waals surface area contributed by atoms with E-state index in [1.54, 1.807) is 30.6 Å². The van der Waals surface area contributed by atoms with E-state index in [1.807, 2.05) is 18.2 Å². The second kappa shape index (κ2) is 5.13. The molecule has 0 aliphatic carbocycles. The zero-order chi connectivity index (χ0) is 13.9. The molecule has 0 bridgehead atoms. The molecule has 2 amide bonds. The topological polar surface area (TPSA) is 71.1 Å². The summed E-state index contributed by atoms with van der Waals surface area (Å²) in [6.45, 7) is 0. The first-order valence-electron chi connectivity index (χ1n) is 6.34. The molecule has 2 aromatic rings. The molecule has 1 atom stereocenters. The Morgan fingerprint density at radius 2 is 1.95 bits per heavy atom. The van der Waals surface area contributed by atoms with Gasteiger partial charge in [0.2, 0.25) is 5.91 Å². The molecule has 100 valence electrons. The minimum Gasteiger partial charge on any atom is -0.345 e. The van der Waals surface area contributed by atoms with Gasteiger partial charge in [-0.15, -0.1) is 0 Å². The number of anilines is 1. The van der Waals surface area contributed by atoms with Crippen LogP contribution in [0.5, 0.6) is 0 Å². The Morgan fingerprint density at radius 3 is 2.75 bits per heavy atom. The number of rotatable bonds is 3. The standard InChI is InChI=1S/C15H13N3O2/c19-14(17-10-5-7-16-8-6-10)9-13-11-3-1-2-4-12(11)15(20)18-13/h1-8,13H,9H2,(H,18,20)(H,16,17,19)/t13-/m0/s1. The van der Waals surface area contributed by atoms with E-state index in [1.165, 1.54) is 0 Å². The zero-order valence-corrected chi connectivity index (χ0v) is 10.7. The van der Waals surface area contributed by atoms with Crippen molar-refractivity contribution in [3.63, 3.8) is 0 Å². The van der Waals surface area contributed by atoms with E-state index in [0.717, 1.165) is 5.56 Å². The summed E-state index contributed by atoms with van der Waals surface area (Å²) in [5, 5.41) is 5.61. The van der Waals surface area contributed by atoms with Gasteiger partial charge in [-0.1, -0.05) is 18.2 Å². The van der Waals surface area contributed by atoms with E-state index in [4.69, 9.17) is 0 Å². The number of nitrogens with zero attached hydrogens (tertiary/aromatic N) is 1. The molecular weight excluding hydrogens is 254 g/mol. The van der Waals surface area contributed by atoms with Crippen LogP contribution < -0.4 is 10.6 Å². The van der Waals surface area contributed by atoms with E-state index < -0.39 is 0 Å². The summed E-state index contributed by atoms with van der Waals surface area (Å²) >= 11 is 0. The molecule has 0 saturated heterocycles. The Morgan fingerprint density at radius 1 is 1.20 bits per heavy atom. The van der Waals surface area contributed by atoms with Gasteiger partial charge in [0, 0.05) is 23.6 Å². The van der Waals surface area contributed by atoms with Gasteiger partial charge in [-0.3, -0.25) is 14.6 Å². The maximum absolute atomic E-state index is 12.0. The number of aromatic nitrogens is 1. The first-order valence-corrected chi connectivity index (χ1v) is 6.34. The van der Waals surface area contributed by atoms with Gasteiger partial charge in [0.15, 0.2) is 0 Å². The third-order valence-electron chi connectivity index (χ3n) is 3.24. The zero-order valence-electron chi connectivity index (χ0n) is 10.7. The molecule has 2 N–H and O–H groups in total. The molecule has 0 saturated carbocycles. The lowest BCUT2D eigenvalue weighted by molar-refractivity contribution is -0.116. The molecule has 1 aromatic carbocycles. The van der Waals surface area contributed by atoms with Crippen LogP contribution in [0.25, 0.3) is 0 Å². The Balaban J connectivity index is 1.70. The largest absolute Gasteiger partial charge is 0.345 e. The third-order valence-corrected chi connectivity index (χ3v) is 3.24. The molecule has 1 aromatic heterocycles. The monoisotopic (exact) mass is 267 g/mol. The maximum atomic E-state index is 12.0. The summed E-state index contributed by atoms with van der Waals surface area (Å²) < 4.78 is 0. The van der Waals surface area contributed by atoms with Crippen LogP contribution >= 0.6 is 0 Å². The van der Waals surface area contributed by atoms with Gasteiger partial charge in [-0.25, -0.2) is 0 Å². The van der Waals surface area contributed by atoms with Crippen molar-refractivity contribution in [2.24, 2.45) is 0 Å². The minimum absolute atomic E-state index is 0.123. The Labute approximate surface area is 116 Å². The van der Waals surface area contributed by atoms with E-state index in [0.29, 0.717) is 11.3 Å². The lowest BCUT2D eigenvalue weighted by Crippen LogP contribution is -2.24. The average Bonchev–Trinajstić information content (AvgIpc) is 2.77. The second-order valence-electron chi connectivity index (χ2n) is 4.60. The molecule has 3 rings (SSSR count). The van der Waals surface area contributed by atoms with Gasteiger partial charge < -0.3 is 10.6 Å². The van der Waals surface area contributed by atoms with Crippen LogP contribution in [0.3, 0.4) is 0 Å². The highest BCUT2D eigenvalue weighted by Crippen LogP contribution is 2.27. The number of amides is 2. The molecule has 20 heavy (non-hydrogen) atoms. The van der Waals surface area contributed by atoms with Crippen molar-refractivity contribution in [1.82, 2.24) is 10.3 Å². The molecule has 0 spiro atoms. The van der Waals surface area contributed by atoms with Crippen LogP contribution in [-0.2, 0) is 4.79 Å². The first-order chi connectivity index (χ1) is 9.74. The van der Waals surface area contributed by atoms with Gasteiger partial charge in [0.05, 0.1) is 12.5 Å². The first kappa shape index (κ1) is 12.3. The summed E-state index contributed by atoms with van der Waals surface area (Å²) in [5.74, 6) is -0.263. The van der Waals surface area contributed by atoms with E-state index in [-0.39, 0.29) is 24.3 Å². The molecule has 5 nitrogen and oxygen atoms in total. The highest BCUT2D eigenvalue weighted by Gasteiger charge is 2.29. The molecule has 0 unspecified atom stereocenters. The number of nitrogens with one attached hydrogen (secondary N) is 2. The number of hydrogen-bond donors (Lipinski definition) is 2. The molecule has 0 fully saturated rings. The summed E-state index contributed by atoms with van der Waals surface area (Å²) in [6, 6.07) is 10.5. The van der Waals surface area contributed by atoms with Crippen molar-refractivity contribution in [2.45, 2.75) is 12.5 Å². The molecule has 5 heteroatoms. The normalized spacial score (nSPS) is 16.4. The van der Waals surface area contributed by atoms with Crippen LogP contribution in [0.4, 0.5) is 5.69 Å². The molecule has 1 aliphatic heterocycles. The molecule has 1 aliphatic rings. The summed E-state index contributed by atoms with van der Waals surface area (Å²) in [7, 11) is 0. The number of pyridine rings is 1. The lowest BCUT2D eigenvalue weighted by Gasteiger charge is -2.11. The van der Waals surface area contributed by atoms with Crippen LogP contribution in [0.1, 0.15) is 28.4 Å². The number of carbonyl (C=O) groups is 2. The molecule has 0 radical (unpaired) electrons. The molecule has 2 heterocycles. The van der Waals surface area contributed by atoms with Crippen molar-refractivity contribution < 1.29 is 9.59 Å². The minimum atomic E-state index is -0.263. The Hall–Kier alpha value is -2.69. The number of carbonyl (C=O) groups excluding carboxylic acids is 2. The Kier molecular flexibility index (Phi) is 3.16.